The molecule has 106 valence electrons. The highest BCUT2D eigenvalue weighted by molar-refractivity contribution is 5.43. The number of pyridine rings is 1. The van der Waals surface area contributed by atoms with E-state index in [9.17, 15) is 0 Å². The van der Waals surface area contributed by atoms with Gasteiger partial charge in [-0.15, -0.1) is 0 Å². The molecule has 2 rings (SSSR count). The summed E-state index contributed by atoms with van der Waals surface area (Å²) < 4.78 is 5.76. The average molecular weight is 263 g/mol. The van der Waals surface area contributed by atoms with Crippen LogP contribution < -0.4 is 10.6 Å². The van der Waals surface area contributed by atoms with Gasteiger partial charge in [-0.3, -0.25) is 0 Å². The Morgan fingerprint density at radius 3 is 2.84 bits per heavy atom. The van der Waals surface area contributed by atoms with Crippen molar-refractivity contribution in [2.75, 3.05) is 24.6 Å². The number of hydrogen-bond donors (Lipinski definition) is 1. The SMILES string of the molecule is CCCc1cc(CN)cc(N2CCOC(C)(C)C2)n1. The summed E-state index contributed by atoms with van der Waals surface area (Å²) >= 11 is 0. The quantitative estimate of drug-likeness (QED) is 0.904. The Morgan fingerprint density at radius 2 is 2.21 bits per heavy atom. The van der Waals surface area contributed by atoms with E-state index < -0.39 is 0 Å². The minimum Gasteiger partial charge on any atom is -0.372 e. The second kappa shape index (κ2) is 5.88. The number of anilines is 1. The molecule has 0 atom stereocenters. The van der Waals surface area contributed by atoms with Gasteiger partial charge < -0.3 is 15.4 Å². The number of rotatable bonds is 4. The lowest BCUT2D eigenvalue weighted by Gasteiger charge is -2.39. The summed E-state index contributed by atoms with van der Waals surface area (Å²) in [5, 5.41) is 0. The predicted molar refractivity (Wildman–Crippen MR) is 78.4 cm³/mol. The first kappa shape index (κ1) is 14.3. The fourth-order valence-corrected chi connectivity index (χ4v) is 2.51. The Labute approximate surface area is 116 Å². The highest BCUT2D eigenvalue weighted by atomic mass is 16.5. The van der Waals surface area contributed by atoms with E-state index in [1.54, 1.807) is 0 Å². The molecule has 1 aliphatic heterocycles. The first-order valence-electron chi connectivity index (χ1n) is 7.13. The molecule has 0 aliphatic carbocycles. The predicted octanol–water partition coefficient (Wildman–Crippen LogP) is 2.11. The fourth-order valence-electron chi connectivity index (χ4n) is 2.51. The van der Waals surface area contributed by atoms with Crippen LogP contribution in [0.25, 0.3) is 0 Å². The zero-order chi connectivity index (χ0) is 13.9. The molecule has 1 aliphatic rings. The van der Waals surface area contributed by atoms with Gasteiger partial charge in [0.2, 0.25) is 0 Å². The van der Waals surface area contributed by atoms with Gasteiger partial charge in [0, 0.05) is 25.3 Å². The number of nitrogens with zero attached hydrogens (tertiary/aromatic N) is 2. The monoisotopic (exact) mass is 263 g/mol. The second-order valence-electron chi connectivity index (χ2n) is 5.81. The molecule has 0 spiro atoms. The van der Waals surface area contributed by atoms with Crippen LogP contribution in [-0.2, 0) is 17.7 Å². The maximum atomic E-state index is 5.80. The van der Waals surface area contributed by atoms with E-state index in [2.05, 4.69) is 37.8 Å². The highest BCUT2D eigenvalue weighted by Crippen LogP contribution is 2.23. The third-order valence-electron chi connectivity index (χ3n) is 3.42. The summed E-state index contributed by atoms with van der Waals surface area (Å²) in [6.45, 7) is 9.52. The first-order valence-corrected chi connectivity index (χ1v) is 7.13. The van der Waals surface area contributed by atoms with E-state index in [0.29, 0.717) is 6.54 Å². The number of morpholine rings is 1. The molecule has 0 aromatic carbocycles. The van der Waals surface area contributed by atoms with E-state index in [1.165, 1.54) is 0 Å². The van der Waals surface area contributed by atoms with Crippen molar-refractivity contribution in [3.8, 4) is 0 Å². The molecule has 0 radical (unpaired) electrons. The van der Waals surface area contributed by atoms with Crippen molar-refractivity contribution in [1.29, 1.82) is 0 Å². The number of hydrogen-bond acceptors (Lipinski definition) is 4. The van der Waals surface area contributed by atoms with Crippen molar-refractivity contribution in [3.05, 3.63) is 23.4 Å². The van der Waals surface area contributed by atoms with Crippen LogP contribution in [0.5, 0.6) is 0 Å². The smallest absolute Gasteiger partial charge is 0.129 e. The van der Waals surface area contributed by atoms with Crippen LogP contribution >= 0.6 is 0 Å². The average Bonchev–Trinajstić information content (AvgIpc) is 2.37. The van der Waals surface area contributed by atoms with Crippen molar-refractivity contribution >= 4 is 5.82 Å². The molecule has 1 aromatic heterocycles. The molecule has 4 heteroatoms. The Morgan fingerprint density at radius 1 is 1.42 bits per heavy atom. The molecule has 2 N–H and O–H groups in total. The van der Waals surface area contributed by atoms with Crippen molar-refractivity contribution in [1.82, 2.24) is 4.98 Å². The maximum absolute atomic E-state index is 5.80. The molecule has 19 heavy (non-hydrogen) atoms. The number of aryl methyl sites for hydroxylation is 1. The molecular weight excluding hydrogens is 238 g/mol. The van der Waals surface area contributed by atoms with Gasteiger partial charge >= 0.3 is 0 Å². The fraction of sp³-hybridized carbons (Fsp3) is 0.667. The van der Waals surface area contributed by atoms with Gasteiger partial charge in [-0.1, -0.05) is 13.3 Å². The first-order chi connectivity index (χ1) is 9.04. The molecule has 1 aromatic rings. The summed E-state index contributed by atoms with van der Waals surface area (Å²) in [7, 11) is 0. The van der Waals surface area contributed by atoms with Crippen LogP contribution in [0.15, 0.2) is 12.1 Å². The summed E-state index contributed by atoms with van der Waals surface area (Å²) in [5.41, 5.74) is 8.00. The van der Waals surface area contributed by atoms with Crippen molar-refractivity contribution in [2.45, 2.75) is 45.8 Å². The lowest BCUT2D eigenvalue weighted by atomic mass is 10.1. The summed E-state index contributed by atoms with van der Waals surface area (Å²) in [4.78, 5) is 7.08. The zero-order valence-corrected chi connectivity index (χ0v) is 12.3. The minimum atomic E-state index is -0.108. The van der Waals surface area contributed by atoms with Gasteiger partial charge in [-0.2, -0.15) is 0 Å². The summed E-state index contributed by atoms with van der Waals surface area (Å²) in [6.07, 6.45) is 2.11. The van der Waals surface area contributed by atoms with Crippen molar-refractivity contribution < 1.29 is 4.74 Å². The van der Waals surface area contributed by atoms with Gasteiger partial charge in [0.05, 0.1) is 12.2 Å². The third kappa shape index (κ3) is 3.67. The summed E-state index contributed by atoms with van der Waals surface area (Å²) in [5.74, 6) is 1.04. The van der Waals surface area contributed by atoms with Crippen LogP contribution in [0.1, 0.15) is 38.4 Å². The molecule has 0 saturated carbocycles. The van der Waals surface area contributed by atoms with Gasteiger partial charge in [-0.25, -0.2) is 4.98 Å². The molecule has 0 bridgehead atoms. The lowest BCUT2D eigenvalue weighted by Crippen LogP contribution is -2.48. The number of nitrogens with two attached hydrogens (primary N) is 1. The molecule has 0 unspecified atom stereocenters. The second-order valence-corrected chi connectivity index (χ2v) is 5.81. The molecule has 1 fully saturated rings. The van der Waals surface area contributed by atoms with Crippen LogP contribution in [0.4, 0.5) is 5.82 Å². The van der Waals surface area contributed by atoms with Gasteiger partial charge in [0.25, 0.3) is 0 Å². The third-order valence-corrected chi connectivity index (χ3v) is 3.42. The Bertz CT molecular complexity index is 431. The van der Waals surface area contributed by atoms with Crippen molar-refractivity contribution in [3.63, 3.8) is 0 Å². The lowest BCUT2D eigenvalue weighted by molar-refractivity contribution is -0.0279. The summed E-state index contributed by atoms with van der Waals surface area (Å²) in [6, 6.07) is 4.24. The van der Waals surface area contributed by atoms with Gasteiger partial charge in [0.15, 0.2) is 0 Å². The van der Waals surface area contributed by atoms with E-state index in [4.69, 9.17) is 15.5 Å². The number of aromatic nitrogens is 1. The number of ether oxygens (including phenoxy) is 1. The maximum Gasteiger partial charge on any atom is 0.129 e. The Kier molecular flexibility index (Phi) is 4.42. The van der Waals surface area contributed by atoms with Crippen LogP contribution in [0.3, 0.4) is 0 Å². The van der Waals surface area contributed by atoms with Gasteiger partial charge in [-0.05, 0) is 38.0 Å². The largest absolute Gasteiger partial charge is 0.372 e. The molecule has 2 heterocycles. The molecule has 1 saturated heterocycles. The van der Waals surface area contributed by atoms with Crippen LogP contribution in [0, 0.1) is 0 Å². The van der Waals surface area contributed by atoms with E-state index in [1.807, 2.05) is 0 Å². The van der Waals surface area contributed by atoms with Crippen molar-refractivity contribution in [2.24, 2.45) is 5.73 Å². The van der Waals surface area contributed by atoms with Gasteiger partial charge in [0.1, 0.15) is 5.82 Å². The topological polar surface area (TPSA) is 51.4 Å². The Hall–Kier alpha value is -1.13. The van der Waals surface area contributed by atoms with E-state index >= 15 is 0 Å². The zero-order valence-electron chi connectivity index (χ0n) is 12.3. The highest BCUT2D eigenvalue weighted by Gasteiger charge is 2.28. The van der Waals surface area contributed by atoms with Crippen LogP contribution in [-0.4, -0.2) is 30.3 Å². The Balaban J connectivity index is 2.25. The van der Waals surface area contributed by atoms with Crippen LogP contribution in [0.2, 0.25) is 0 Å². The molecule has 0 amide bonds. The normalized spacial score (nSPS) is 18.6. The minimum absolute atomic E-state index is 0.108. The van der Waals surface area contributed by atoms with E-state index in [0.717, 1.165) is 49.6 Å². The molecule has 4 nitrogen and oxygen atoms in total. The van der Waals surface area contributed by atoms with E-state index in [-0.39, 0.29) is 5.60 Å². The molecular formula is C15H25N3O. The standard InChI is InChI=1S/C15H25N3O/c1-4-5-13-8-12(10-16)9-14(17-13)18-6-7-19-15(2,3)11-18/h8-9H,4-7,10-11,16H2,1-3H3.